The van der Waals surface area contributed by atoms with E-state index >= 15 is 0 Å². The largest absolute Gasteiger partial charge is 0.379 e. The summed E-state index contributed by atoms with van der Waals surface area (Å²) in [5.74, 6) is 0.545. The van der Waals surface area contributed by atoms with Crippen molar-refractivity contribution in [2.45, 2.75) is 39.3 Å². The predicted molar refractivity (Wildman–Crippen MR) is 94.5 cm³/mol. The van der Waals surface area contributed by atoms with Crippen LogP contribution in [0, 0.1) is 5.92 Å². The molecule has 2 fully saturated rings. The molecule has 1 aromatic rings. The molecule has 0 spiro atoms. The maximum atomic E-state index is 12.5. The normalized spacial score (nSPS) is 21.8. The van der Waals surface area contributed by atoms with Gasteiger partial charge in [-0.05, 0) is 12.8 Å². The van der Waals surface area contributed by atoms with Gasteiger partial charge in [0, 0.05) is 44.2 Å². The number of ether oxygens (including phenoxy) is 1. The number of carbonyl (C=O) groups is 2. The zero-order valence-corrected chi connectivity index (χ0v) is 15.6. The third-order valence-corrected chi connectivity index (χ3v) is 4.84. The summed E-state index contributed by atoms with van der Waals surface area (Å²) in [6, 6.07) is 1.66. The minimum atomic E-state index is -0.245. The van der Waals surface area contributed by atoms with E-state index in [2.05, 4.69) is 15.4 Å². The molecule has 2 aliphatic heterocycles. The molecule has 0 bridgehead atoms. The Labute approximate surface area is 153 Å². The van der Waals surface area contributed by atoms with Crippen LogP contribution in [0.15, 0.2) is 10.6 Å². The van der Waals surface area contributed by atoms with Gasteiger partial charge in [0.1, 0.15) is 0 Å². The Bertz CT molecular complexity index is 624. The third kappa shape index (κ3) is 4.82. The number of piperidine rings is 1. The van der Waals surface area contributed by atoms with Crippen LogP contribution in [0.2, 0.25) is 0 Å². The number of rotatable bonds is 5. The smallest absolute Gasteiger partial charge is 0.273 e. The number of aromatic nitrogens is 1. The fourth-order valence-corrected chi connectivity index (χ4v) is 3.39. The van der Waals surface area contributed by atoms with Crippen LogP contribution in [0.3, 0.4) is 0 Å². The molecule has 1 aromatic heterocycles. The molecule has 144 valence electrons. The zero-order chi connectivity index (χ0) is 18.5. The third-order valence-electron chi connectivity index (χ3n) is 4.84. The lowest BCUT2D eigenvalue weighted by atomic mass is 10.0. The molecular weight excluding hydrogens is 336 g/mol. The molecule has 0 aliphatic carbocycles. The van der Waals surface area contributed by atoms with E-state index in [1.165, 1.54) is 0 Å². The van der Waals surface area contributed by atoms with Gasteiger partial charge in [0.2, 0.25) is 5.91 Å². The predicted octanol–water partition coefficient (Wildman–Crippen LogP) is 0.884. The highest BCUT2D eigenvalue weighted by atomic mass is 16.5. The van der Waals surface area contributed by atoms with E-state index in [-0.39, 0.29) is 23.8 Å². The molecule has 1 N–H and O–H groups in total. The van der Waals surface area contributed by atoms with Crippen LogP contribution in [0.5, 0.6) is 0 Å². The Morgan fingerprint density at radius 1 is 1.31 bits per heavy atom. The average Bonchev–Trinajstić information content (AvgIpc) is 3.10. The van der Waals surface area contributed by atoms with Crippen LogP contribution in [0.25, 0.3) is 0 Å². The second-order valence-electron chi connectivity index (χ2n) is 7.32. The van der Waals surface area contributed by atoms with E-state index in [9.17, 15) is 9.59 Å². The molecule has 1 atom stereocenters. The van der Waals surface area contributed by atoms with Gasteiger partial charge in [0.15, 0.2) is 11.5 Å². The van der Waals surface area contributed by atoms with Gasteiger partial charge in [-0.25, -0.2) is 0 Å². The standard InChI is InChI=1S/C18H28N4O4/c1-13(2)18(24)22-5-3-4-14(11-22)19-17(23)16-10-15(26-20-16)12-21-6-8-25-9-7-21/h10,13-14H,3-9,11-12H2,1-2H3,(H,19,23)/t14-/m0/s1. The summed E-state index contributed by atoms with van der Waals surface area (Å²) in [7, 11) is 0. The molecule has 8 nitrogen and oxygen atoms in total. The van der Waals surface area contributed by atoms with Crippen molar-refractivity contribution in [1.82, 2.24) is 20.3 Å². The van der Waals surface area contributed by atoms with E-state index in [0.29, 0.717) is 24.5 Å². The van der Waals surface area contributed by atoms with Gasteiger partial charge >= 0.3 is 0 Å². The van der Waals surface area contributed by atoms with E-state index in [1.54, 1.807) is 6.07 Å². The molecule has 2 aliphatic rings. The topological polar surface area (TPSA) is 87.9 Å². The lowest BCUT2D eigenvalue weighted by molar-refractivity contribution is -0.135. The van der Waals surface area contributed by atoms with Crippen molar-refractivity contribution in [1.29, 1.82) is 0 Å². The molecule has 0 saturated carbocycles. The first-order chi connectivity index (χ1) is 12.5. The van der Waals surface area contributed by atoms with E-state index in [0.717, 1.165) is 45.7 Å². The zero-order valence-electron chi connectivity index (χ0n) is 15.6. The number of morpholine rings is 1. The minimum Gasteiger partial charge on any atom is -0.379 e. The van der Waals surface area contributed by atoms with Gasteiger partial charge in [-0.2, -0.15) is 0 Å². The second kappa shape index (κ2) is 8.64. The summed E-state index contributed by atoms with van der Waals surface area (Å²) in [6.07, 6.45) is 1.76. The first kappa shape index (κ1) is 18.8. The Hall–Kier alpha value is -1.93. The molecule has 0 unspecified atom stereocenters. The second-order valence-corrected chi connectivity index (χ2v) is 7.32. The van der Waals surface area contributed by atoms with Gasteiger partial charge in [-0.1, -0.05) is 19.0 Å². The van der Waals surface area contributed by atoms with Crippen molar-refractivity contribution in [2.24, 2.45) is 5.92 Å². The summed E-state index contributed by atoms with van der Waals surface area (Å²) in [6.45, 7) is 8.88. The first-order valence-corrected chi connectivity index (χ1v) is 9.38. The molecule has 8 heteroatoms. The first-order valence-electron chi connectivity index (χ1n) is 9.38. The Morgan fingerprint density at radius 3 is 2.81 bits per heavy atom. The number of carbonyl (C=O) groups excluding carboxylic acids is 2. The van der Waals surface area contributed by atoms with E-state index < -0.39 is 0 Å². The summed E-state index contributed by atoms with van der Waals surface area (Å²) < 4.78 is 10.6. The van der Waals surface area contributed by atoms with E-state index in [1.807, 2.05) is 18.7 Å². The highest BCUT2D eigenvalue weighted by molar-refractivity contribution is 5.92. The SMILES string of the molecule is CC(C)C(=O)N1CCC[C@H](NC(=O)c2cc(CN3CCOCC3)on2)C1. The van der Waals surface area contributed by atoms with Crippen molar-refractivity contribution in [3.63, 3.8) is 0 Å². The quantitative estimate of drug-likeness (QED) is 0.835. The molecule has 2 saturated heterocycles. The lowest BCUT2D eigenvalue weighted by Crippen LogP contribution is -2.50. The number of likely N-dealkylation sites (tertiary alicyclic amines) is 1. The van der Waals surface area contributed by atoms with Crippen LogP contribution in [-0.2, 0) is 16.1 Å². The number of hydrogen-bond acceptors (Lipinski definition) is 6. The Kier molecular flexibility index (Phi) is 6.26. The maximum absolute atomic E-state index is 12.5. The van der Waals surface area contributed by atoms with Crippen molar-refractivity contribution in [3.05, 3.63) is 17.5 Å². The van der Waals surface area contributed by atoms with Crippen molar-refractivity contribution < 1.29 is 18.8 Å². The van der Waals surface area contributed by atoms with Crippen LogP contribution in [0.4, 0.5) is 0 Å². The van der Waals surface area contributed by atoms with Crippen molar-refractivity contribution in [2.75, 3.05) is 39.4 Å². The molecule has 2 amide bonds. The highest BCUT2D eigenvalue weighted by Crippen LogP contribution is 2.14. The molecular formula is C18H28N4O4. The van der Waals surface area contributed by atoms with Crippen molar-refractivity contribution in [3.8, 4) is 0 Å². The number of hydrogen-bond donors (Lipinski definition) is 1. The highest BCUT2D eigenvalue weighted by Gasteiger charge is 2.27. The van der Waals surface area contributed by atoms with Crippen LogP contribution in [0.1, 0.15) is 42.9 Å². The average molecular weight is 364 g/mol. The molecule has 0 radical (unpaired) electrons. The van der Waals surface area contributed by atoms with Crippen LogP contribution in [-0.4, -0.2) is 72.2 Å². The number of nitrogens with zero attached hydrogens (tertiary/aromatic N) is 3. The molecule has 26 heavy (non-hydrogen) atoms. The molecule has 3 heterocycles. The van der Waals surface area contributed by atoms with Gasteiger partial charge in [0.25, 0.3) is 5.91 Å². The molecule has 0 aromatic carbocycles. The molecule has 3 rings (SSSR count). The monoisotopic (exact) mass is 364 g/mol. The maximum Gasteiger partial charge on any atom is 0.273 e. The van der Waals surface area contributed by atoms with Gasteiger partial charge < -0.3 is 19.5 Å². The fraction of sp³-hybridized carbons (Fsp3) is 0.722. The summed E-state index contributed by atoms with van der Waals surface area (Å²) in [5.41, 5.74) is 0.292. The Morgan fingerprint density at radius 2 is 2.08 bits per heavy atom. The van der Waals surface area contributed by atoms with Gasteiger partial charge in [-0.15, -0.1) is 0 Å². The Balaban J connectivity index is 1.52. The van der Waals surface area contributed by atoms with Crippen LogP contribution < -0.4 is 5.32 Å². The fourth-order valence-electron chi connectivity index (χ4n) is 3.39. The lowest BCUT2D eigenvalue weighted by Gasteiger charge is -2.34. The summed E-state index contributed by atoms with van der Waals surface area (Å²) >= 11 is 0. The minimum absolute atomic E-state index is 0.0252. The van der Waals surface area contributed by atoms with Crippen LogP contribution >= 0.6 is 0 Å². The van der Waals surface area contributed by atoms with Crippen molar-refractivity contribution >= 4 is 11.8 Å². The summed E-state index contributed by atoms with van der Waals surface area (Å²) in [5, 5.41) is 6.89. The number of amides is 2. The van der Waals surface area contributed by atoms with E-state index in [4.69, 9.17) is 9.26 Å². The number of nitrogens with one attached hydrogen (secondary N) is 1. The van der Waals surface area contributed by atoms with Gasteiger partial charge in [0.05, 0.1) is 19.8 Å². The summed E-state index contributed by atoms with van der Waals surface area (Å²) in [4.78, 5) is 28.7. The van der Waals surface area contributed by atoms with Gasteiger partial charge in [-0.3, -0.25) is 14.5 Å².